The van der Waals surface area contributed by atoms with Gasteiger partial charge >= 0.3 is 0 Å². The Hall–Kier alpha value is -3.42. The summed E-state index contributed by atoms with van der Waals surface area (Å²) in [4.78, 5) is 26.5. The number of hydrogen-bond acceptors (Lipinski definition) is 6. The fourth-order valence-corrected chi connectivity index (χ4v) is 1.87. The second-order valence-electron chi connectivity index (χ2n) is 4.83. The number of carbonyl (C=O) groups excluding carboxylic acids is 2. The number of carbonyl (C=O) groups is 2. The van der Waals surface area contributed by atoms with Gasteiger partial charge in [-0.15, -0.1) is 0 Å². The summed E-state index contributed by atoms with van der Waals surface area (Å²) in [7, 11) is 0. The lowest BCUT2D eigenvalue weighted by atomic mass is 10.2. The Balaban J connectivity index is 2.04. The summed E-state index contributed by atoms with van der Waals surface area (Å²) >= 11 is 0. The third kappa shape index (κ3) is 5.61. The van der Waals surface area contributed by atoms with Crippen LogP contribution in [0.15, 0.2) is 47.8 Å². The molecule has 0 spiro atoms. The SMILES string of the molecule is CCOc1cc(C=NNC(=O)c2cccnc2)ccc1OCC(N)=O. The minimum atomic E-state index is -0.578. The van der Waals surface area contributed by atoms with Crippen molar-refractivity contribution >= 4 is 18.0 Å². The predicted octanol–water partition coefficient (Wildman–Crippen LogP) is 1.11. The monoisotopic (exact) mass is 342 g/mol. The fraction of sp³-hybridized carbons (Fsp3) is 0.176. The van der Waals surface area contributed by atoms with Crippen LogP contribution in [0, 0.1) is 0 Å². The van der Waals surface area contributed by atoms with Crippen molar-refractivity contribution in [1.82, 2.24) is 10.4 Å². The van der Waals surface area contributed by atoms with Gasteiger partial charge in [0.25, 0.3) is 11.8 Å². The molecule has 0 aliphatic rings. The molecule has 1 heterocycles. The standard InChI is InChI=1S/C17H18N4O4/c1-2-24-15-8-12(5-6-14(15)25-11-16(18)22)9-20-21-17(23)13-4-3-7-19-10-13/h3-10H,2,11H2,1H3,(H2,18,22)(H,21,23). The lowest BCUT2D eigenvalue weighted by molar-refractivity contribution is -0.119. The molecule has 2 rings (SSSR count). The zero-order valence-electron chi connectivity index (χ0n) is 13.6. The third-order valence-corrected chi connectivity index (χ3v) is 2.94. The van der Waals surface area contributed by atoms with Crippen LogP contribution in [0.2, 0.25) is 0 Å². The van der Waals surface area contributed by atoms with Gasteiger partial charge in [0.15, 0.2) is 18.1 Å². The topological polar surface area (TPSA) is 116 Å². The Labute approximate surface area is 144 Å². The summed E-state index contributed by atoms with van der Waals surface area (Å²) in [5.41, 5.74) is 8.57. The van der Waals surface area contributed by atoms with Gasteiger partial charge < -0.3 is 15.2 Å². The highest BCUT2D eigenvalue weighted by Crippen LogP contribution is 2.27. The molecular formula is C17H18N4O4. The molecule has 0 unspecified atom stereocenters. The summed E-state index contributed by atoms with van der Waals surface area (Å²) < 4.78 is 10.8. The number of aromatic nitrogens is 1. The van der Waals surface area contributed by atoms with E-state index in [9.17, 15) is 9.59 Å². The second kappa shape index (κ2) is 9.02. The number of primary amides is 1. The minimum absolute atomic E-state index is 0.241. The van der Waals surface area contributed by atoms with Crippen molar-refractivity contribution in [2.45, 2.75) is 6.92 Å². The molecule has 0 aliphatic carbocycles. The smallest absolute Gasteiger partial charge is 0.272 e. The first kappa shape index (κ1) is 17.9. The van der Waals surface area contributed by atoms with Crippen molar-refractivity contribution in [1.29, 1.82) is 0 Å². The fourth-order valence-electron chi connectivity index (χ4n) is 1.87. The van der Waals surface area contributed by atoms with Crippen molar-refractivity contribution in [3.63, 3.8) is 0 Å². The van der Waals surface area contributed by atoms with Crippen molar-refractivity contribution in [2.75, 3.05) is 13.2 Å². The molecule has 0 saturated heterocycles. The van der Waals surface area contributed by atoms with Crippen LogP contribution in [-0.4, -0.2) is 36.2 Å². The van der Waals surface area contributed by atoms with Crippen LogP contribution in [0.25, 0.3) is 0 Å². The Morgan fingerprint density at radius 1 is 1.28 bits per heavy atom. The van der Waals surface area contributed by atoms with E-state index < -0.39 is 5.91 Å². The van der Waals surface area contributed by atoms with Crippen molar-refractivity contribution in [2.24, 2.45) is 10.8 Å². The van der Waals surface area contributed by atoms with Crippen LogP contribution in [-0.2, 0) is 4.79 Å². The molecule has 130 valence electrons. The zero-order chi connectivity index (χ0) is 18.1. The summed E-state index contributed by atoms with van der Waals surface area (Å²) in [6.45, 7) is 2.01. The van der Waals surface area contributed by atoms with Gasteiger partial charge in [-0.1, -0.05) is 0 Å². The van der Waals surface area contributed by atoms with E-state index in [-0.39, 0.29) is 12.5 Å². The van der Waals surface area contributed by atoms with Gasteiger partial charge in [-0.05, 0) is 42.8 Å². The Morgan fingerprint density at radius 3 is 2.80 bits per heavy atom. The molecule has 8 nitrogen and oxygen atoms in total. The largest absolute Gasteiger partial charge is 0.490 e. The van der Waals surface area contributed by atoms with Gasteiger partial charge in [0.1, 0.15) is 0 Å². The zero-order valence-corrected chi connectivity index (χ0v) is 13.6. The molecular weight excluding hydrogens is 324 g/mol. The number of hydrazone groups is 1. The van der Waals surface area contributed by atoms with Crippen molar-refractivity contribution < 1.29 is 19.1 Å². The molecule has 0 aliphatic heterocycles. The number of hydrogen-bond donors (Lipinski definition) is 2. The normalized spacial score (nSPS) is 10.4. The molecule has 0 bridgehead atoms. The maximum atomic E-state index is 11.9. The molecule has 0 fully saturated rings. The van der Waals surface area contributed by atoms with E-state index in [1.165, 1.54) is 12.4 Å². The van der Waals surface area contributed by atoms with Gasteiger partial charge in [-0.25, -0.2) is 5.43 Å². The minimum Gasteiger partial charge on any atom is -0.490 e. The molecule has 0 saturated carbocycles. The molecule has 3 N–H and O–H groups in total. The lowest BCUT2D eigenvalue weighted by Crippen LogP contribution is -2.20. The predicted molar refractivity (Wildman–Crippen MR) is 91.6 cm³/mol. The molecule has 0 atom stereocenters. The van der Waals surface area contributed by atoms with E-state index in [1.807, 2.05) is 6.92 Å². The van der Waals surface area contributed by atoms with Crippen LogP contribution in [0.4, 0.5) is 0 Å². The van der Waals surface area contributed by atoms with Crippen LogP contribution < -0.4 is 20.6 Å². The number of benzene rings is 1. The quantitative estimate of drug-likeness (QED) is 0.551. The summed E-state index contributed by atoms with van der Waals surface area (Å²) in [6.07, 6.45) is 4.49. The highest BCUT2D eigenvalue weighted by molar-refractivity contribution is 5.94. The Morgan fingerprint density at radius 2 is 2.12 bits per heavy atom. The van der Waals surface area contributed by atoms with Gasteiger partial charge in [0, 0.05) is 12.4 Å². The van der Waals surface area contributed by atoms with E-state index in [4.69, 9.17) is 15.2 Å². The number of nitrogens with zero attached hydrogens (tertiary/aromatic N) is 2. The first-order valence-corrected chi connectivity index (χ1v) is 7.51. The molecule has 2 amide bonds. The van der Waals surface area contributed by atoms with E-state index in [2.05, 4.69) is 15.5 Å². The van der Waals surface area contributed by atoms with Crippen LogP contribution in [0.3, 0.4) is 0 Å². The Bertz CT molecular complexity index is 762. The van der Waals surface area contributed by atoms with Crippen LogP contribution in [0.1, 0.15) is 22.8 Å². The third-order valence-electron chi connectivity index (χ3n) is 2.94. The number of ether oxygens (including phenoxy) is 2. The maximum absolute atomic E-state index is 11.9. The molecule has 1 aromatic carbocycles. The van der Waals surface area contributed by atoms with Crippen LogP contribution in [0.5, 0.6) is 11.5 Å². The number of rotatable bonds is 8. The van der Waals surface area contributed by atoms with E-state index in [0.29, 0.717) is 29.2 Å². The number of amides is 2. The van der Waals surface area contributed by atoms with E-state index in [1.54, 1.807) is 36.5 Å². The summed E-state index contributed by atoms with van der Waals surface area (Å²) in [6, 6.07) is 8.32. The highest BCUT2D eigenvalue weighted by Gasteiger charge is 2.07. The molecule has 8 heteroatoms. The van der Waals surface area contributed by atoms with Gasteiger partial charge in [-0.2, -0.15) is 5.10 Å². The molecule has 0 radical (unpaired) electrons. The van der Waals surface area contributed by atoms with E-state index in [0.717, 1.165) is 0 Å². The molecule has 1 aromatic heterocycles. The molecule has 2 aromatic rings. The average molecular weight is 342 g/mol. The van der Waals surface area contributed by atoms with Crippen molar-refractivity contribution in [3.05, 3.63) is 53.9 Å². The number of nitrogens with one attached hydrogen (secondary N) is 1. The Kier molecular flexibility index (Phi) is 6.47. The summed E-state index contributed by atoms with van der Waals surface area (Å²) in [5.74, 6) is -0.0922. The van der Waals surface area contributed by atoms with Gasteiger partial charge in [0.2, 0.25) is 0 Å². The van der Waals surface area contributed by atoms with E-state index >= 15 is 0 Å². The average Bonchev–Trinajstić information content (AvgIpc) is 2.62. The lowest BCUT2D eigenvalue weighted by Gasteiger charge is -2.11. The number of pyridine rings is 1. The highest BCUT2D eigenvalue weighted by atomic mass is 16.5. The molecule has 25 heavy (non-hydrogen) atoms. The summed E-state index contributed by atoms with van der Waals surface area (Å²) in [5, 5.41) is 3.90. The maximum Gasteiger partial charge on any atom is 0.272 e. The first-order chi connectivity index (χ1) is 12.1. The second-order valence-corrected chi connectivity index (χ2v) is 4.83. The number of nitrogens with two attached hydrogens (primary N) is 1. The first-order valence-electron chi connectivity index (χ1n) is 7.51. The van der Waals surface area contributed by atoms with Crippen molar-refractivity contribution in [3.8, 4) is 11.5 Å². The van der Waals surface area contributed by atoms with Crippen LogP contribution >= 0.6 is 0 Å². The van der Waals surface area contributed by atoms with Gasteiger partial charge in [0.05, 0.1) is 18.4 Å². The van der Waals surface area contributed by atoms with Gasteiger partial charge in [-0.3, -0.25) is 14.6 Å².